The molecule has 0 fully saturated rings. The van der Waals surface area contributed by atoms with Crippen LogP contribution in [0.2, 0.25) is 5.15 Å². The third-order valence-corrected chi connectivity index (χ3v) is 13.2. The third-order valence-electron chi connectivity index (χ3n) is 10.8. The number of carbonyl (C=O) groups is 2. The number of sulfone groups is 2. The number of aromatic nitrogens is 6. The van der Waals surface area contributed by atoms with Crippen molar-refractivity contribution in [1.29, 1.82) is 0 Å². The predicted molar refractivity (Wildman–Crippen MR) is 229 cm³/mol. The molecular formula is C40H46ClN9O8S2. The van der Waals surface area contributed by atoms with E-state index in [0.717, 1.165) is 57.1 Å². The van der Waals surface area contributed by atoms with Crippen molar-refractivity contribution in [1.82, 2.24) is 40.5 Å². The molecule has 20 heteroatoms. The van der Waals surface area contributed by atoms with Crippen molar-refractivity contribution in [2.75, 3.05) is 42.4 Å². The van der Waals surface area contributed by atoms with Gasteiger partial charge in [0.1, 0.15) is 60.2 Å². The van der Waals surface area contributed by atoms with E-state index < -0.39 is 25.3 Å². The van der Waals surface area contributed by atoms with Crippen molar-refractivity contribution in [3.05, 3.63) is 80.6 Å². The first-order valence-corrected chi connectivity index (χ1v) is 24.1. The molecule has 0 saturated carbocycles. The fraction of sp³-hybridized carbons (Fsp3) is 0.425. The lowest BCUT2D eigenvalue weighted by Crippen LogP contribution is -2.35. The van der Waals surface area contributed by atoms with E-state index in [4.69, 9.17) is 16.0 Å². The first-order chi connectivity index (χ1) is 28.5. The van der Waals surface area contributed by atoms with E-state index in [2.05, 4.69) is 45.9 Å². The topological polar surface area (TPSA) is 252 Å². The summed E-state index contributed by atoms with van der Waals surface area (Å²) in [5.74, 6) is 0.241. The van der Waals surface area contributed by atoms with Gasteiger partial charge < -0.3 is 30.3 Å². The number of rotatable bonds is 12. The normalized spacial score (nSPS) is 16.5. The van der Waals surface area contributed by atoms with Crippen LogP contribution in [0, 0.1) is 18.8 Å². The quantitative estimate of drug-likeness (QED) is 0.0662. The summed E-state index contributed by atoms with van der Waals surface area (Å²) in [5.41, 5.74) is 7.14. The van der Waals surface area contributed by atoms with Crippen LogP contribution < -0.4 is 21.6 Å². The Hall–Kier alpha value is -5.40. The van der Waals surface area contributed by atoms with Crippen molar-refractivity contribution >= 4 is 87.6 Å². The van der Waals surface area contributed by atoms with Crippen LogP contribution in [-0.2, 0) is 54.9 Å². The molecule has 1 aromatic carbocycles. The molecule has 60 heavy (non-hydrogen) atoms. The SMILES string of the molecule is CS(=O)(=O)CCCNC(=O)C1CCc2[nH]c3ncnc(Cl)c3c2C1.Cc1cc(=O)oc2cc(Nc3ncnc4[nH]c5c(c34)CC(C(=O)NCCCS(C)(=O)=O)CC5)ccc12. The fourth-order valence-corrected chi connectivity index (χ4v) is 9.49. The zero-order valence-electron chi connectivity index (χ0n) is 33.4. The number of nitrogens with one attached hydrogen (secondary N) is 5. The molecule has 0 bridgehead atoms. The monoisotopic (exact) mass is 879 g/mol. The van der Waals surface area contributed by atoms with Gasteiger partial charge in [-0.1, -0.05) is 11.6 Å². The Labute approximate surface area is 350 Å². The van der Waals surface area contributed by atoms with E-state index in [1.54, 1.807) is 6.07 Å². The Morgan fingerprint density at radius 2 is 1.35 bits per heavy atom. The van der Waals surface area contributed by atoms with Crippen molar-refractivity contribution in [2.45, 2.75) is 58.3 Å². The maximum absolute atomic E-state index is 12.8. The molecular weight excluding hydrogens is 834 g/mol. The van der Waals surface area contributed by atoms with Gasteiger partial charge in [-0.15, -0.1) is 0 Å². The van der Waals surface area contributed by atoms with E-state index in [9.17, 15) is 31.2 Å². The number of carbonyl (C=O) groups excluding carboxylic acids is 2. The molecule has 2 atom stereocenters. The number of hydrogen-bond acceptors (Lipinski definition) is 13. The summed E-state index contributed by atoms with van der Waals surface area (Å²) in [5, 5.41) is 11.9. The first kappa shape index (κ1) is 42.7. The molecule has 2 aliphatic carbocycles. The summed E-state index contributed by atoms with van der Waals surface area (Å²) in [7, 11) is -6.04. The van der Waals surface area contributed by atoms with Gasteiger partial charge in [0.05, 0.1) is 22.3 Å². The predicted octanol–water partition coefficient (Wildman–Crippen LogP) is 4.04. The van der Waals surface area contributed by atoms with E-state index in [1.807, 2.05) is 19.1 Å². The number of anilines is 2. The zero-order chi connectivity index (χ0) is 42.8. The molecule has 2 amide bonds. The second-order valence-electron chi connectivity index (χ2n) is 15.5. The molecule has 0 saturated heterocycles. The Bertz CT molecular complexity index is 2890. The molecule has 5 heterocycles. The largest absolute Gasteiger partial charge is 0.423 e. The lowest BCUT2D eigenvalue weighted by molar-refractivity contribution is -0.126. The molecule has 2 unspecified atom stereocenters. The lowest BCUT2D eigenvalue weighted by Gasteiger charge is -2.22. The Kier molecular flexibility index (Phi) is 12.6. The van der Waals surface area contributed by atoms with E-state index in [1.165, 1.54) is 31.2 Å². The number of hydrogen-bond donors (Lipinski definition) is 5. The van der Waals surface area contributed by atoms with E-state index in [-0.39, 0.29) is 35.2 Å². The van der Waals surface area contributed by atoms with Crippen LogP contribution in [0.3, 0.4) is 0 Å². The average molecular weight is 880 g/mol. The fourth-order valence-electron chi connectivity index (χ4n) is 7.90. The van der Waals surface area contributed by atoms with Crippen LogP contribution >= 0.6 is 11.6 Å². The summed E-state index contributed by atoms with van der Waals surface area (Å²) in [4.78, 5) is 60.6. The van der Waals surface area contributed by atoms with Gasteiger partial charge in [0.25, 0.3) is 0 Å². The Morgan fingerprint density at radius 3 is 1.93 bits per heavy atom. The number of halogens is 1. The number of H-pyrrole nitrogens is 2. The Morgan fingerprint density at radius 1 is 0.800 bits per heavy atom. The molecule has 6 aromatic rings. The van der Waals surface area contributed by atoms with Gasteiger partial charge in [0.2, 0.25) is 11.8 Å². The number of amides is 2. The molecule has 17 nitrogen and oxygen atoms in total. The van der Waals surface area contributed by atoms with Crippen molar-refractivity contribution in [2.24, 2.45) is 11.8 Å². The van der Waals surface area contributed by atoms with E-state index in [0.29, 0.717) is 85.2 Å². The van der Waals surface area contributed by atoms with Crippen LogP contribution in [0.5, 0.6) is 0 Å². The number of fused-ring (bicyclic) bond motifs is 7. The minimum atomic E-state index is -3.05. The Balaban J connectivity index is 0.000000197. The number of benzene rings is 1. The number of aromatic amines is 2. The number of aryl methyl sites for hydroxylation is 3. The van der Waals surface area contributed by atoms with Crippen LogP contribution in [0.1, 0.15) is 53.8 Å². The van der Waals surface area contributed by atoms with Gasteiger partial charge in [0, 0.05) is 72.0 Å². The van der Waals surface area contributed by atoms with Gasteiger partial charge in [-0.2, -0.15) is 0 Å². The van der Waals surface area contributed by atoms with Gasteiger partial charge >= 0.3 is 5.63 Å². The summed E-state index contributed by atoms with van der Waals surface area (Å²) in [6.45, 7) is 2.56. The van der Waals surface area contributed by atoms with Gasteiger partial charge in [-0.05, 0) is 87.1 Å². The van der Waals surface area contributed by atoms with Gasteiger partial charge in [0.15, 0.2) is 0 Å². The summed E-state index contributed by atoms with van der Waals surface area (Å²) in [6, 6.07) is 7.03. The standard InChI is InChI=1S/C25H27N5O5S.C15H19ClN4O3S/c1-14-10-21(31)35-20-12-16(5-6-17(14)20)29-23-22-18-11-15(25(32)26-8-3-9-36(2,33)34)4-7-19(18)30-24(22)28-13-27-23;1-24(22,23)6-2-5-17-15(21)9-3-4-11-10(7-9)12-13(16)18-8-19-14(12)20-11/h5-6,10,12-13,15H,3-4,7-9,11H2,1-2H3,(H,26,32)(H2,27,28,29,30);8-9H,2-7H2,1H3,(H,17,21)(H,18,19,20). The summed E-state index contributed by atoms with van der Waals surface area (Å²) in [6.07, 6.45) is 10.1. The highest BCUT2D eigenvalue weighted by molar-refractivity contribution is 7.90. The highest BCUT2D eigenvalue weighted by Gasteiger charge is 2.30. The minimum absolute atomic E-state index is 0.0449. The third kappa shape index (κ3) is 10.1. The second kappa shape index (κ2) is 17.7. The van der Waals surface area contributed by atoms with Crippen LogP contribution in [0.15, 0.2) is 46.1 Å². The lowest BCUT2D eigenvalue weighted by atomic mass is 9.86. The van der Waals surface area contributed by atoms with Crippen LogP contribution in [-0.4, -0.2) is 95.7 Å². The smallest absolute Gasteiger partial charge is 0.336 e. The molecule has 0 spiro atoms. The van der Waals surface area contributed by atoms with Crippen molar-refractivity contribution in [3.63, 3.8) is 0 Å². The van der Waals surface area contributed by atoms with Gasteiger partial charge in [-0.3, -0.25) is 9.59 Å². The molecule has 2 aliphatic rings. The number of nitrogens with zero attached hydrogens (tertiary/aromatic N) is 4. The minimum Gasteiger partial charge on any atom is -0.423 e. The van der Waals surface area contributed by atoms with E-state index >= 15 is 0 Å². The first-order valence-electron chi connectivity index (χ1n) is 19.6. The highest BCUT2D eigenvalue weighted by atomic mass is 35.5. The molecule has 0 radical (unpaired) electrons. The van der Waals surface area contributed by atoms with Crippen LogP contribution in [0.4, 0.5) is 11.5 Å². The zero-order valence-corrected chi connectivity index (χ0v) is 35.7. The van der Waals surface area contributed by atoms with Gasteiger partial charge in [-0.25, -0.2) is 41.6 Å². The molecule has 5 N–H and O–H groups in total. The molecule has 5 aromatic heterocycles. The second-order valence-corrected chi connectivity index (χ2v) is 20.4. The highest BCUT2D eigenvalue weighted by Crippen LogP contribution is 2.36. The van der Waals surface area contributed by atoms with Crippen molar-refractivity contribution < 1.29 is 30.8 Å². The molecule has 0 aliphatic heterocycles. The molecule has 318 valence electrons. The van der Waals surface area contributed by atoms with Crippen LogP contribution in [0.25, 0.3) is 33.0 Å². The molecule has 8 rings (SSSR count). The summed E-state index contributed by atoms with van der Waals surface area (Å²) >= 11 is 6.18. The average Bonchev–Trinajstić information content (AvgIpc) is 3.76. The maximum Gasteiger partial charge on any atom is 0.336 e. The maximum atomic E-state index is 12.8. The summed E-state index contributed by atoms with van der Waals surface area (Å²) < 4.78 is 50.2. The van der Waals surface area contributed by atoms with Crippen molar-refractivity contribution in [3.8, 4) is 0 Å².